The SMILES string of the molecule is CCCCCCCCN(CCCCCCCC)p1oc2c(C(C)(C)C)cc(C(C)(C)C)cc2c2cc(C(C)(C)C)cc(C(C)(C)C)c2o1. The Morgan fingerprint density at radius 2 is 0.792 bits per heavy atom. The fourth-order valence-corrected chi connectivity index (χ4v) is 8.13. The van der Waals surface area contributed by atoms with Gasteiger partial charge in [-0.25, -0.2) is 4.67 Å². The normalized spacial score (nSPS) is 13.3. The Kier molecular flexibility index (Phi) is 14.4. The number of rotatable bonds is 15. The lowest BCUT2D eigenvalue weighted by atomic mass is 9.77. The third kappa shape index (κ3) is 11.2. The Morgan fingerprint density at radius 1 is 0.458 bits per heavy atom. The molecule has 1 aromatic heterocycles. The van der Waals surface area contributed by atoms with Gasteiger partial charge in [0.25, 0.3) is 0 Å². The van der Waals surface area contributed by atoms with Crippen molar-refractivity contribution in [3.8, 4) is 0 Å². The zero-order valence-corrected chi connectivity index (χ0v) is 34.8. The molecular weight excluding hydrogens is 605 g/mol. The number of nitrogens with zero attached hydrogens (tertiary/aromatic N) is 1. The fourth-order valence-electron chi connectivity index (χ4n) is 6.55. The van der Waals surface area contributed by atoms with E-state index in [2.05, 4.69) is 126 Å². The predicted molar refractivity (Wildman–Crippen MR) is 216 cm³/mol. The number of fused-ring (bicyclic) bond motifs is 3. The van der Waals surface area contributed by atoms with Crippen LogP contribution >= 0.6 is 8.16 Å². The average molecular weight is 680 g/mol. The summed E-state index contributed by atoms with van der Waals surface area (Å²) < 4.78 is 17.4. The molecule has 3 aromatic rings. The summed E-state index contributed by atoms with van der Waals surface area (Å²) in [6, 6.07) is 9.72. The van der Waals surface area contributed by atoms with E-state index in [0.717, 1.165) is 24.3 Å². The van der Waals surface area contributed by atoms with Gasteiger partial charge < -0.3 is 8.39 Å². The highest BCUT2D eigenvalue weighted by Crippen LogP contribution is 2.46. The van der Waals surface area contributed by atoms with Crippen LogP contribution in [0.25, 0.3) is 21.9 Å². The number of unbranched alkanes of at least 4 members (excludes halogenated alkanes) is 10. The van der Waals surface area contributed by atoms with Crippen molar-refractivity contribution in [2.45, 2.75) is 196 Å². The molecular formula is C44H74NO2P. The highest BCUT2D eigenvalue weighted by atomic mass is 31.1. The quantitative estimate of drug-likeness (QED) is 0.150. The molecule has 48 heavy (non-hydrogen) atoms. The van der Waals surface area contributed by atoms with E-state index in [-0.39, 0.29) is 21.7 Å². The molecule has 0 saturated heterocycles. The van der Waals surface area contributed by atoms with E-state index in [9.17, 15) is 0 Å². The summed E-state index contributed by atoms with van der Waals surface area (Å²) in [5.41, 5.74) is 7.15. The van der Waals surface area contributed by atoms with Crippen LogP contribution in [0.2, 0.25) is 0 Å². The van der Waals surface area contributed by atoms with Gasteiger partial charge in [-0.05, 0) is 57.8 Å². The van der Waals surface area contributed by atoms with Crippen molar-refractivity contribution in [1.82, 2.24) is 0 Å². The molecule has 4 heteroatoms. The third-order valence-corrected chi connectivity index (χ3v) is 11.5. The van der Waals surface area contributed by atoms with E-state index >= 15 is 0 Å². The molecule has 0 amide bonds. The summed E-state index contributed by atoms with van der Waals surface area (Å²) in [4.78, 5) is 0. The molecule has 0 atom stereocenters. The maximum Gasteiger partial charge on any atom is 0.309 e. The second-order valence-corrected chi connectivity index (χ2v) is 20.1. The molecule has 272 valence electrons. The van der Waals surface area contributed by atoms with Crippen LogP contribution in [0.15, 0.2) is 32.7 Å². The first kappa shape index (κ1) is 40.7. The van der Waals surface area contributed by atoms with E-state index in [1.807, 2.05) is 0 Å². The van der Waals surface area contributed by atoms with Crippen molar-refractivity contribution in [3.05, 3.63) is 46.5 Å². The third-order valence-electron chi connectivity index (χ3n) is 9.93. The van der Waals surface area contributed by atoms with E-state index in [1.165, 1.54) is 110 Å². The molecule has 3 nitrogen and oxygen atoms in total. The summed E-state index contributed by atoms with van der Waals surface area (Å²) in [6.07, 6.45) is 15.5. The Morgan fingerprint density at radius 3 is 1.10 bits per heavy atom. The Bertz CT molecular complexity index is 1380. The van der Waals surface area contributed by atoms with E-state index in [1.54, 1.807) is 0 Å². The van der Waals surface area contributed by atoms with Crippen LogP contribution in [0.4, 0.5) is 0 Å². The van der Waals surface area contributed by atoms with Crippen LogP contribution < -0.4 is 4.67 Å². The van der Waals surface area contributed by atoms with Gasteiger partial charge in [0.05, 0.1) is 0 Å². The topological polar surface area (TPSA) is 29.5 Å². The lowest BCUT2D eigenvalue weighted by Gasteiger charge is -2.27. The van der Waals surface area contributed by atoms with Gasteiger partial charge >= 0.3 is 8.16 Å². The number of hydrogen-bond donors (Lipinski definition) is 0. The molecule has 1 heterocycles. The Labute approximate surface area is 297 Å². The highest BCUT2D eigenvalue weighted by Gasteiger charge is 2.29. The second-order valence-electron chi connectivity index (χ2n) is 18.7. The van der Waals surface area contributed by atoms with Gasteiger partial charge in [0.2, 0.25) is 0 Å². The van der Waals surface area contributed by atoms with Crippen LogP contribution in [-0.2, 0) is 21.7 Å². The van der Waals surface area contributed by atoms with Crippen molar-refractivity contribution >= 4 is 30.1 Å². The summed E-state index contributed by atoms with van der Waals surface area (Å²) in [5.74, 6) is 0. The van der Waals surface area contributed by atoms with Gasteiger partial charge in [0.15, 0.2) is 0 Å². The van der Waals surface area contributed by atoms with Gasteiger partial charge in [-0.15, -0.1) is 0 Å². The van der Waals surface area contributed by atoms with Crippen LogP contribution in [0, 0.1) is 0 Å². The highest BCUT2D eigenvalue weighted by molar-refractivity contribution is 7.39. The molecule has 0 radical (unpaired) electrons. The molecule has 0 aliphatic rings. The summed E-state index contributed by atoms with van der Waals surface area (Å²) in [5, 5.41) is 2.39. The molecule has 0 spiro atoms. The zero-order valence-electron chi connectivity index (χ0n) is 33.9. The van der Waals surface area contributed by atoms with Crippen LogP contribution in [-0.4, -0.2) is 13.1 Å². The molecule has 0 N–H and O–H groups in total. The smallest absolute Gasteiger partial charge is 0.309 e. The molecule has 2 aromatic carbocycles. The second kappa shape index (κ2) is 17.0. The lowest BCUT2D eigenvalue weighted by Crippen LogP contribution is -2.22. The van der Waals surface area contributed by atoms with E-state index in [4.69, 9.17) is 8.39 Å². The van der Waals surface area contributed by atoms with Crippen molar-refractivity contribution in [2.75, 3.05) is 17.8 Å². The van der Waals surface area contributed by atoms with Crippen LogP contribution in [0.1, 0.15) is 196 Å². The van der Waals surface area contributed by atoms with Gasteiger partial charge in [0, 0.05) is 35.0 Å². The standard InChI is InChI=1S/C44H74NO2P/c1-15-17-19-21-23-25-27-45(28-26-24-22-20-18-16-2)48-46-39-35(29-33(41(3,4)5)31-37(39)43(9,10)11)36-30-34(42(6,7)8)32-38(40(36)47-48)44(12,13)14/h29-32H,15-28H2,1-14H3. The minimum Gasteiger partial charge on any atom is -0.407 e. The largest absolute Gasteiger partial charge is 0.407 e. The van der Waals surface area contributed by atoms with Crippen LogP contribution in [0.3, 0.4) is 0 Å². The number of benzene rings is 2. The van der Waals surface area contributed by atoms with E-state index < -0.39 is 8.16 Å². The molecule has 0 fully saturated rings. The Hall–Kier alpha value is -1.70. The van der Waals surface area contributed by atoms with Crippen molar-refractivity contribution in [2.24, 2.45) is 0 Å². The average Bonchev–Trinajstić information content (AvgIpc) is 3.13. The zero-order chi connectivity index (χ0) is 35.9. The molecule has 3 rings (SSSR count). The number of hydrogen-bond acceptors (Lipinski definition) is 3. The first-order valence-corrected chi connectivity index (χ1v) is 20.7. The molecule has 0 saturated carbocycles. The monoisotopic (exact) mass is 680 g/mol. The van der Waals surface area contributed by atoms with Gasteiger partial charge in [-0.2, -0.15) is 0 Å². The van der Waals surface area contributed by atoms with Crippen molar-refractivity contribution in [3.63, 3.8) is 0 Å². The minimum absolute atomic E-state index is 0.00315. The van der Waals surface area contributed by atoms with Gasteiger partial charge in [-0.1, -0.05) is 173 Å². The first-order valence-electron chi connectivity index (χ1n) is 19.6. The maximum absolute atomic E-state index is 7.38. The lowest BCUT2D eigenvalue weighted by molar-refractivity contribution is 0.544. The predicted octanol–water partition coefficient (Wildman–Crippen LogP) is 15.1. The Balaban J connectivity index is 2.42. The van der Waals surface area contributed by atoms with E-state index in [0.29, 0.717) is 0 Å². The van der Waals surface area contributed by atoms with Crippen molar-refractivity contribution in [1.29, 1.82) is 0 Å². The molecule has 0 aliphatic carbocycles. The minimum atomic E-state index is -1.36. The van der Waals surface area contributed by atoms with Crippen molar-refractivity contribution < 1.29 is 8.39 Å². The molecule has 0 aliphatic heterocycles. The molecule has 0 bridgehead atoms. The summed E-state index contributed by atoms with van der Waals surface area (Å²) >= 11 is 0. The van der Waals surface area contributed by atoms with Gasteiger partial charge in [-0.3, -0.25) is 0 Å². The summed E-state index contributed by atoms with van der Waals surface area (Å²) in [6.45, 7) is 34.7. The van der Waals surface area contributed by atoms with Crippen LogP contribution in [0.5, 0.6) is 0 Å². The maximum atomic E-state index is 7.38. The fraction of sp³-hybridized carbons (Fsp3) is 0.727. The summed E-state index contributed by atoms with van der Waals surface area (Å²) in [7, 11) is -1.36. The molecule has 0 unspecified atom stereocenters. The van der Waals surface area contributed by atoms with Gasteiger partial charge in [0.1, 0.15) is 11.2 Å². The first-order chi connectivity index (χ1) is 22.3.